The van der Waals surface area contributed by atoms with Crippen molar-refractivity contribution < 1.29 is 9.59 Å². The summed E-state index contributed by atoms with van der Waals surface area (Å²) in [7, 11) is 1.71. The van der Waals surface area contributed by atoms with Crippen LogP contribution in [0.4, 0.5) is 4.79 Å². The molecule has 1 aromatic rings. The van der Waals surface area contributed by atoms with Gasteiger partial charge in [-0.25, -0.2) is 4.79 Å². The first-order chi connectivity index (χ1) is 7.49. The lowest BCUT2D eigenvalue weighted by Crippen LogP contribution is -2.51. The number of urea groups is 1. The van der Waals surface area contributed by atoms with Crippen LogP contribution in [0.1, 0.15) is 11.4 Å². The van der Waals surface area contributed by atoms with Crippen LogP contribution in [0.5, 0.6) is 0 Å². The maximum absolute atomic E-state index is 11.8. The summed E-state index contributed by atoms with van der Waals surface area (Å²) in [5.74, 6) is -0.442. The van der Waals surface area contributed by atoms with Crippen LogP contribution in [0, 0.1) is 6.92 Å². The number of rotatable bonds is 2. The van der Waals surface area contributed by atoms with Crippen molar-refractivity contribution in [1.29, 1.82) is 0 Å². The third-order valence-corrected chi connectivity index (χ3v) is 2.69. The monoisotopic (exact) mass is 223 g/mol. The van der Waals surface area contributed by atoms with Crippen LogP contribution in [0.25, 0.3) is 0 Å². The van der Waals surface area contributed by atoms with E-state index in [1.54, 1.807) is 17.8 Å². The zero-order chi connectivity index (χ0) is 11.9. The third kappa shape index (κ3) is 1.28. The molecule has 4 N–H and O–H groups in total. The van der Waals surface area contributed by atoms with Crippen molar-refractivity contribution in [1.82, 2.24) is 20.4 Å². The summed E-state index contributed by atoms with van der Waals surface area (Å²) in [6.07, 6.45) is 0. The molecule has 1 aliphatic rings. The molecule has 0 aromatic carbocycles. The zero-order valence-corrected chi connectivity index (χ0v) is 9.07. The van der Waals surface area contributed by atoms with Gasteiger partial charge in [-0.15, -0.1) is 0 Å². The molecule has 86 valence electrons. The molecule has 1 saturated heterocycles. The van der Waals surface area contributed by atoms with Gasteiger partial charge in [0.05, 0.1) is 11.4 Å². The van der Waals surface area contributed by atoms with E-state index in [-0.39, 0.29) is 6.54 Å². The maximum Gasteiger partial charge on any atom is 0.322 e. The van der Waals surface area contributed by atoms with E-state index < -0.39 is 17.5 Å². The Kier molecular flexibility index (Phi) is 2.20. The highest BCUT2D eigenvalue weighted by atomic mass is 16.2. The SMILES string of the molecule is Cc1cc(C2(CN)NC(=O)NC2=O)n(C)n1. The van der Waals surface area contributed by atoms with E-state index in [0.717, 1.165) is 5.69 Å². The number of nitrogens with one attached hydrogen (secondary N) is 2. The molecular formula is C9H13N5O2. The van der Waals surface area contributed by atoms with E-state index in [1.165, 1.54) is 0 Å². The van der Waals surface area contributed by atoms with Crippen molar-refractivity contribution >= 4 is 11.9 Å². The minimum absolute atomic E-state index is 0.0104. The normalized spacial score (nSPS) is 24.4. The van der Waals surface area contributed by atoms with Crippen LogP contribution in [0.2, 0.25) is 0 Å². The first-order valence-electron chi connectivity index (χ1n) is 4.84. The summed E-state index contributed by atoms with van der Waals surface area (Å²) in [4.78, 5) is 23.0. The minimum atomic E-state index is -1.20. The molecule has 1 aromatic heterocycles. The van der Waals surface area contributed by atoms with Crippen LogP contribution in [-0.2, 0) is 17.4 Å². The molecule has 3 amide bonds. The van der Waals surface area contributed by atoms with E-state index in [9.17, 15) is 9.59 Å². The molecule has 1 unspecified atom stereocenters. The summed E-state index contributed by atoms with van der Waals surface area (Å²) >= 11 is 0. The van der Waals surface area contributed by atoms with Crippen molar-refractivity contribution in [3.63, 3.8) is 0 Å². The smallest absolute Gasteiger partial charge is 0.322 e. The first kappa shape index (κ1) is 10.6. The highest BCUT2D eigenvalue weighted by Crippen LogP contribution is 2.23. The van der Waals surface area contributed by atoms with Crippen molar-refractivity contribution in [3.8, 4) is 0 Å². The highest BCUT2D eigenvalue weighted by Gasteiger charge is 2.48. The number of nitrogens with two attached hydrogens (primary N) is 1. The molecule has 16 heavy (non-hydrogen) atoms. The molecule has 0 aliphatic carbocycles. The summed E-state index contributed by atoms with van der Waals surface area (Å²) in [6.45, 7) is 1.80. The highest BCUT2D eigenvalue weighted by molar-refractivity contribution is 6.07. The number of amides is 3. The Balaban J connectivity index is 2.54. The van der Waals surface area contributed by atoms with Crippen LogP contribution >= 0.6 is 0 Å². The van der Waals surface area contributed by atoms with Gasteiger partial charge in [0, 0.05) is 13.6 Å². The Morgan fingerprint density at radius 1 is 1.56 bits per heavy atom. The molecule has 0 saturated carbocycles. The quantitative estimate of drug-likeness (QED) is 0.543. The molecule has 2 heterocycles. The fourth-order valence-electron chi connectivity index (χ4n) is 1.93. The van der Waals surface area contributed by atoms with Crippen molar-refractivity contribution in [2.45, 2.75) is 12.5 Å². The van der Waals surface area contributed by atoms with Gasteiger partial charge in [-0.2, -0.15) is 5.10 Å². The number of hydrogen-bond acceptors (Lipinski definition) is 4. The molecular weight excluding hydrogens is 210 g/mol. The third-order valence-electron chi connectivity index (χ3n) is 2.69. The number of aromatic nitrogens is 2. The molecule has 1 aliphatic heterocycles. The van der Waals surface area contributed by atoms with Gasteiger partial charge in [0.15, 0.2) is 5.54 Å². The number of hydrogen-bond donors (Lipinski definition) is 3. The minimum Gasteiger partial charge on any atom is -0.327 e. The number of imide groups is 1. The molecule has 1 atom stereocenters. The number of carbonyl (C=O) groups excluding carboxylic acids is 2. The van der Waals surface area contributed by atoms with Crippen LogP contribution in [0.15, 0.2) is 6.07 Å². The predicted octanol–water partition coefficient (Wildman–Crippen LogP) is -1.28. The molecule has 0 spiro atoms. The second-order valence-corrected chi connectivity index (χ2v) is 3.81. The molecule has 2 rings (SSSR count). The summed E-state index contributed by atoms with van der Waals surface area (Å²) in [5, 5.41) is 8.87. The largest absolute Gasteiger partial charge is 0.327 e. The van der Waals surface area contributed by atoms with E-state index in [2.05, 4.69) is 15.7 Å². The summed E-state index contributed by atoms with van der Waals surface area (Å²) < 4.78 is 1.55. The number of nitrogens with zero attached hydrogens (tertiary/aromatic N) is 2. The van der Waals surface area contributed by atoms with Gasteiger partial charge in [0.25, 0.3) is 5.91 Å². The lowest BCUT2D eigenvalue weighted by Gasteiger charge is -2.23. The molecule has 0 bridgehead atoms. The van der Waals surface area contributed by atoms with E-state index in [0.29, 0.717) is 5.69 Å². The van der Waals surface area contributed by atoms with E-state index in [4.69, 9.17) is 5.73 Å². The predicted molar refractivity (Wildman–Crippen MR) is 55.4 cm³/mol. The second-order valence-electron chi connectivity index (χ2n) is 3.81. The fourth-order valence-corrected chi connectivity index (χ4v) is 1.93. The Morgan fingerprint density at radius 3 is 2.62 bits per heavy atom. The Morgan fingerprint density at radius 2 is 2.25 bits per heavy atom. The average molecular weight is 223 g/mol. The zero-order valence-electron chi connectivity index (χ0n) is 9.07. The van der Waals surface area contributed by atoms with Crippen molar-refractivity contribution in [3.05, 3.63) is 17.5 Å². The number of carbonyl (C=O) groups is 2. The topological polar surface area (TPSA) is 102 Å². The van der Waals surface area contributed by atoms with Gasteiger partial charge < -0.3 is 11.1 Å². The average Bonchev–Trinajstić information content (AvgIpc) is 2.67. The second kappa shape index (κ2) is 3.31. The van der Waals surface area contributed by atoms with Gasteiger partial charge in [-0.05, 0) is 13.0 Å². The fraction of sp³-hybridized carbons (Fsp3) is 0.444. The summed E-state index contributed by atoms with van der Waals surface area (Å²) in [5.41, 5.74) is 5.76. The maximum atomic E-state index is 11.8. The molecule has 1 fully saturated rings. The first-order valence-corrected chi connectivity index (χ1v) is 4.84. The number of aryl methyl sites for hydroxylation is 2. The summed E-state index contributed by atoms with van der Waals surface area (Å²) in [6, 6.07) is 1.20. The van der Waals surface area contributed by atoms with Gasteiger partial charge in [0.2, 0.25) is 0 Å². The molecule has 7 heteroatoms. The van der Waals surface area contributed by atoms with Gasteiger partial charge in [0.1, 0.15) is 0 Å². The standard InChI is InChI=1S/C9H13N5O2/c1-5-3-6(14(2)13-5)9(4-10)7(15)11-8(16)12-9/h3H,4,10H2,1-2H3,(H2,11,12,15,16). The van der Waals surface area contributed by atoms with Gasteiger partial charge in [-0.3, -0.25) is 14.8 Å². The van der Waals surface area contributed by atoms with Gasteiger partial charge >= 0.3 is 6.03 Å². The molecule has 0 radical (unpaired) electrons. The van der Waals surface area contributed by atoms with Crippen molar-refractivity contribution in [2.24, 2.45) is 12.8 Å². The van der Waals surface area contributed by atoms with E-state index in [1.807, 2.05) is 6.92 Å². The van der Waals surface area contributed by atoms with Crippen LogP contribution in [0.3, 0.4) is 0 Å². The Labute approximate surface area is 92.0 Å². The Bertz CT molecular complexity index is 466. The van der Waals surface area contributed by atoms with Gasteiger partial charge in [-0.1, -0.05) is 0 Å². The Hall–Kier alpha value is -1.89. The van der Waals surface area contributed by atoms with Crippen LogP contribution in [-0.4, -0.2) is 28.3 Å². The van der Waals surface area contributed by atoms with Crippen LogP contribution < -0.4 is 16.4 Å². The molecule has 7 nitrogen and oxygen atoms in total. The van der Waals surface area contributed by atoms with E-state index >= 15 is 0 Å². The lowest BCUT2D eigenvalue weighted by atomic mass is 9.95. The van der Waals surface area contributed by atoms with Crippen molar-refractivity contribution in [2.75, 3.05) is 6.54 Å². The lowest BCUT2D eigenvalue weighted by molar-refractivity contribution is -0.124.